The maximum Gasteiger partial charge on any atom is 0.327 e. The van der Waals surface area contributed by atoms with Crippen LogP contribution in [-0.4, -0.2) is 38.3 Å². The molecule has 0 bridgehead atoms. The van der Waals surface area contributed by atoms with E-state index in [1.807, 2.05) is 13.0 Å². The number of rotatable bonds is 4. The Morgan fingerprint density at radius 1 is 1.58 bits per heavy atom. The van der Waals surface area contributed by atoms with Crippen LogP contribution in [0.25, 0.3) is 0 Å². The molecule has 2 aromatic heterocycles. The summed E-state index contributed by atoms with van der Waals surface area (Å²) in [4.78, 5) is 15.5. The van der Waals surface area contributed by atoms with Crippen LogP contribution in [0.2, 0.25) is 0 Å². The number of pyridine rings is 1. The van der Waals surface area contributed by atoms with E-state index in [0.717, 1.165) is 15.1 Å². The van der Waals surface area contributed by atoms with Gasteiger partial charge in [0.25, 0.3) is 0 Å². The number of ether oxygens (including phenoxy) is 1. The SMILES string of the molecule is COC(=O)Cn1nnnc1Sc1nccc(C)c1Br. The molecule has 0 N–H and O–H groups in total. The number of aryl methyl sites for hydroxylation is 1. The summed E-state index contributed by atoms with van der Waals surface area (Å²) in [6.45, 7) is 1.93. The fourth-order valence-electron chi connectivity index (χ4n) is 1.23. The van der Waals surface area contributed by atoms with Gasteiger partial charge in [-0.1, -0.05) is 0 Å². The van der Waals surface area contributed by atoms with Gasteiger partial charge in [-0.2, -0.15) is 0 Å². The van der Waals surface area contributed by atoms with Crippen molar-refractivity contribution < 1.29 is 9.53 Å². The van der Waals surface area contributed by atoms with Gasteiger partial charge in [0.05, 0.1) is 11.6 Å². The third kappa shape index (κ3) is 3.29. The monoisotopic (exact) mass is 343 g/mol. The molecule has 7 nitrogen and oxygen atoms in total. The zero-order chi connectivity index (χ0) is 13.8. The van der Waals surface area contributed by atoms with Crippen molar-refractivity contribution in [2.24, 2.45) is 0 Å². The van der Waals surface area contributed by atoms with Crippen LogP contribution in [0.4, 0.5) is 0 Å². The maximum atomic E-state index is 11.2. The summed E-state index contributed by atoms with van der Waals surface area (Å²) >= 11 is 4.74. The second-order valence-electron chi connectivity index (χ2n) is 3.54. The molecule has 0 aromatic carbocycles. The second-order valence-corrected chi connectivity index (χ2v) is 5.29. The third-order valence-corrected chi connectivity index (χ3v) is 4.49. The molecule has 0 unspecified atom stereocenters. The van der Waals surface area contributed by atoms with Crippen LogP contribution in [0.5, 0.6) is 0 Å². The predicted octanol–water partition coefficient (Wildman–Crippen LogP) is 1.46. The molecule has 0 saturated heterocycles. The summed E-state index contributed by atoms with van der Waals surface area (Å²) in [5.41, 5.74) is 1.06. The third-order valence-electron chi connectivity index (χ3n) is 2.24. The van der Waals surface area contributed by atoms with Crippen molar-refractivity contribution in [1.29, 1.82) is 0 Å². The van der Waals surface area contributed by atoms with E-state index < -0.39 is 5.97 Å². The van der Waals surface area contributed by atoms with Crippen molar-refractivity contribution in [3.05, 3.63) is 22.3 Å². The van der Waals surface area contributed by atoms with E-state index in [9.17, 15) is 4.79 Å². The normalized spacial score (nSPS) is 10.5. The molecule has 0 atom stereocenters. The van der Waals surface area contributed by atoms with Gasteiger partial charge in [-0.05, 0) is 56.7 Å². The number of methoxy groups -OCH3 is 1. The molecule has 2 aromatic rings. The van der Waals surface area contributed by atoms with Crippen LogP contribution in [0.3, 0.4) is 0 Å². The van der Waals surface area contributed by atoms with Gasteiger partial charge in [0.2, 0.25) is 5.16 Å². The zero-order valence-electron chi connectivity index (χ0n) is 10.2. The van der Waals surface area contributed by atoms with Crippen LogP contribution in [0, 0.1) is 6.92 Å². The minimum absolute atomic E-state index is 0.0325. The van der Waals surface area contributed by atoms with Crippen LogP contribution < -0.4 is 0 Å². The molecule has 0 radical (unpaired) electrons. The van der Waals surface area contributed by atoms with Crippen molar-refractivity contribution in [2.45, 2.75) is 23.7 Å². The molecule has 2 rings (SSSR count). The highest BCUT2D eigenvalue weighted by molar-refractivity contribution is 9.10. The number of halogens is 1. The van der Waals surface area contributed by atoms with E-state index in [0.29, 0.717) is 5.16 Å². The fourth-order valence-corrected chi connectivity index (χ4v) is 2.53. The Morgan fingerprint density at radius 3 is 3.11 bits per heavy atom. The highest BCUT2D eigenvalue weighted by atomic mass is 79.9. The lowest BCUT2D eigenvalue weighted by molar-refractivity contribution is -0.141. The molecule has 2 heterocycles. The largest absolute Gasteiger partial charge is 0.468 e. The molecule has 100 valence electrons. The highest BCUT2D eigenvalue weighted by Crippen LogP contribution is 2.31. The first-order chi connectivity index (χ1) is 9.11. The van der Waals surface area contributed by atoms with E-state index in [2.05, 4.69) is 41.2 Å². The zero-order valence-corrected chi connectivity index (χ0v) is 12.6. The molecular formula is C10H10BrN5O2S. The standard InChI is InChI=1S/C10H10BrN5O2S/c1-6-3-4-12-9(8(6)11)19-10-13-14-15-16(10)5-7(17)18-2/h3-4H,5H2,1-2H3. The summed E-state index contributed by atoms with van der Waals surface area (Å²) in [5, 5.41) is 12.4. The van der Waals surface area contributed by atoms with Gasteiger partial charge >= 0.3 is 5.97 Å². The quantitative estimate of drug-likeness (QED) is 0.777. The minimum atomic E-state index is -0.412. The van der Waals surface area contributed by atoms with Crippen molar-refractivity contribution in [1.82, 2.24) is 25.2 Å². The smallest absolute Gasteiger partial charge is 0.327 e. The lowest BCUT2D eigenvalue weighted by atomic mass is 10.3. The first-order valence-corrected chi connectivity index (χ1v) is 6.84. The van der Waals surface area contributed by atoms with Gasteiger partial charge in [-0.25, -0.2) is 9.67 Å². The van der Waals surface area contributed by atoms with Crippen molar-refractivity contribution >= 4 is 33.7 Å². The van der Waals surface area contributed by atoms with E-state index >= 15 is 0 Å². The Labute approximate surface area is 121 Å². The highest BCUT2D eigenvalue weighted by Gasteiger charge is 2.14. The molecule has 0 spiro atoms. The number of hydrogen-bond acceptors (Lipinski definition) is 7. The molecule has 19 heavy (non-hydrogen) atoms. The molecular weight excluding hydrogens is 334 g/mol. The molecule has 9 heteroatoms. The molecule has 0 aliphatic rings. The molecule has 0 saturated carbocycles. The molecule has 0 fully saturated rings. The average Bonchev–Trinajstić information content (AvgIpc) is 2.82. The first-order valence-electron chi connectivity index (χ1n) is 5.23. The van der Waals surface area contributed by atoms with Gasteiger partial charge in [-0.3, -0.25) is 4.79 Å². The number of carbonyl (C=O) groups excluding carboxylic acids is 1. The summed E-state index contributed by atoms with van der Waals surface area (Å²) < 4.78 is 6.83. The van der Waals surface area contributed by atoms with Crippen LogP contribution >= 0.6 is 27.7 Å². The summed E-state index contributed by atoms with van der Waals surface area (Å²) in [6.07, 6.45) is 1.71. The first kappa shape index (κ1) is 13.9. The number of tetrazole rings is 1. The second kappa shape index (κ2) is 6.11. The number of aromatic nitrogens is 5. The van der Waals surface area contributed by atoms with Gasteiger partial charge < -0.3 is 4.74 Å². The Kier molecular flexibility index (Phi) is 4.48. The topological polar surface area (TPSA) is 82.8 Å². The van der Waals surface area contributed by atoms with E-state index in [1.54, 1.807) is 6.20 Å². The molecule has 0 aliphatic carbocycles. The predicted molar refractivity (Wildman–Crippen MR) is 70.6 cm³/mol. The molecule has 0 amide bonds. The number of esters is 1. The molecule has 0 aliphatic heterocycles. The average molecular weight is 344 g/mol. The van der Waals surface area contributed by atoms with Gasteiger partial charge in [0, 0.05) is 6.20 Å². The Bertz CT molecular complexity index is 603. The van der Waals surface area contributed by atoms with E-state index in [4.69, 9.17) is 0 Å². The van der Waals surface area contributed by atoms with Gasteiger partial charge in [0.15, 0.2) is 0 Å². The van der Waals surface area contributed by atoms with Crippen molar-refractivity contribution in [3.8, 4) is 0 Å². The minimum Gasteiger partial charge on any atom is -0.468 e. The van der Waals surface area contributed by atoms with Gasteiger partial charge in [-0.15, -0.1) is 5.10 Å². The van der Waals surface area contributed by atoms with Crippen LogP contribution in [0.1, 0.15) is 5.56 Å². The van der Waals surface area contributed by atoms with Crippen molar-refractivity contribution in [3.63, 3.8) is 0 Å². The van der Waals surface area contributed by atoms with Crippen LogP contribution in [-0.2, 0) is 16.1 Å². The van der Waals surface area contributed by atoms with Gasteiger partial charge in [0.1, 0.15) is 11.6 Å². The maximum absolute atomic E-state index is 11.2. The van der Waals surface area contributed by atoms with E-state index in [-0.39, 0.29) is 6.54 Å². The number of carbonyl (C=O) groups is 1. The number of nitrogens with zero attached hydrogens (tertiary/aromatic N) is 5. The van der Waals surface area contributed by atoms with Crippen molar-refractivity contribution in [2.75, 3.05) is 7.11 Å². The summed E-state index contributed by atoms with van der Waals surface area (Å²) in [7, 11) is 1.32. The summed E-state index contributed by atoms with van der Waals surface area (Å²) in [6, 6.07) is 1.89. The lowest BCUT2D eigenvalue weighted by Crippen LogP contribution is -2.13. The summed E-state index contributed by atoms with van der Waals surface area (Å²) in [5.74, 6) is -0.412. The van der Waals surface area contributed by atoms with Crippen LogP contribution in [0.15, 0.2) is 26.9 Å². The fraction of sp³-hybridized carbons (Fsp3) is 0.300. The Hall–Kier alpha value is -1.48. The Morgan fingerprint density at radius 2 is 2.37 bits per heavy atom. The van der Waals surface area contributed by atoms with E-state index in [1.165, 1.54) is 23.6 Å². The Balaban J connectivity index is 2.22. The number of hydrogen-bond donors (Lipinski definition) is 0. The lowest BCUT2D eigenvalue weighted by Gasteiger charge is -2.05.